The van der Waals surface area contributed by atoms with Gasteiger partial charge in [0.05, 0.1) is 6.61 Å². The largest absolute Gasteiger partial charge is 0.444 e. The normalized spacial score (nSPS) is 14.4. The van der Waals surface area contributed by atoms with Gasteiger partial charge in [-0.2, -0.15) is 5.26 Å². The van der Waals surface area contributed by atoms with Crippen molar-refractivity contribution in [1.29, 1.82) is 5.26 Å². The van der Waals surface area contributed by atoms with E-state index in [9.17, 15) is 4.79 Å². The number of amides is 1. The quantitative estimate of drug-likeness (QED) is 0.832. The maximum atomic E-state index is 11.7. The van der Waals surface area contributed by atoms with E-state index in [1.165, 1.54) is 0 Å². The molecule has 2 heterocycles. The number of nitrogens with zero attached hydrogens (tertiary/aromatic N) is 3. The number of nitrogens with one attached hydrogen (secondary N) is 1. The number of nitriles is 1. The summed E-state index contributed by atoms with van der Waals surface area (Å²) in [6.45, 7) is 6.73. The molecule has 1 aromatic rings. The molecule has 0 aliphatic carbocycles. The van der Waals surface area contributed by atoms with Gasteiger partial charge < -0.3 is 14.0 Å². The van der Waals surface area contributed by atoms with Crippen LogP contribution in [0.1, 0.15) is 32.3 Å². The van der Waals surface area contributed by atoms with Crippen molar-refractivity contribution in [2.24, 2.45) is 0 Å². The van der Waals surface area contributed by atoms with Gasteiger partial charge in [0.2, 0.25) is 0 Å². The molecule has 2 rings (SSSR count). The van der Waals surface area contributed by atoms with Gasteiger partial charge in [-0.15, -0.1) is 0 Å². The van der Waals surface area contributed by atoms with Crippen molar-refractivity contribution in [3.05, 3.63) is 11.5 Å². The van der Waals surface area contributed by atoms with Crippen LogP contribution in [0, 0.1) is 11.3 Å². The monoisotopic (exact) mass is 264 g/mol. The van der Waals surface area contributed by atoms with Crippen LogP contribution < -0.4 is 5.32 Å². The highest BCUT2D eigenvalue weighted by Crippen LogP contribution is 2.20. The zero-order valence-electron chi connectivity index (χ0n) is 11.2. The van der Waals surface area contributed by atoms with Crippen molar-refractivity contribution in [2.75, 3.05) is 11.9 Å². The third-order valence-corrected chi connectivity index (χ3v) is 2.46. The fourth-order valence-corrected chi connectivity index (χ4v) is 1.77. The lowest BCUT2D eigenvalue weighted by molar-refractivity contribution is 0.0635. The molecule has 0 fully saturated rings. The Morgan fingerprint density at radius 3 is 2.95 bits per heavy atom. The van der Waals surface area contributed by atoms with E-state index in [4.69, 9.17) is 14.7 Å². The molecule has 0 saturated heterocycles. The van der Waals surface area contributed by atoms with E-state index in [1.807, 2.05) is 6.07 Å². The average Bonchev–Trinajstić information content (AvgIpc) is 2.63. The summed E-state index contributed by atoms with van der Waals surface area (Å²) in [5, 5.41) is 11.7. The van der Waals surface area contributed by atoms with Gasteiger partial charge in [-0.3, -0.25) is 5.32 Å². The zero-order valence-corrected chi connectivity index (χ0v) is 11.2. The fraction of sp³-hybridized carbons (Fsp3) is 0.583. The number of carbonyl (C=O) groups is 1. The molecule has 7 nitrogen and oxygen atoms in total. The van der Waals surface area contributed by atoms with E-state index in [2.05, 4.69) is 10.3 Å². The molecular formula is C12H16N4O3. The first-order chi connectivity index (χ1) is 8.90. The third kappa shape index (κ3) is 3.03. The van der Waals surface area contributed by atoms with Gasteiger partial charge in [0.15, 0.2) is 11.5 Å². The number of aromatic nitrogens is 2. The van der Waals surface area contributed by atoms with Crippen molar-refractivity contribution < 1.29 is 14.3 Å². The molecule has 19 heavy (non-hydrogen) atoms. The Morgan fingerprint density at radius 1 is 1.58 bits per heavy atom. The average molecular weight is 264 g/mol. The molecule has 1 N–H and O–H groups in total. The summed E-state index contributed by atoms with van der Waals surface area (Å²) in [6, 6.07) is 2.05. The van der Waals surface area contributed by atoms with Gasteiger partial charge in [0, 0.05) is 6.54 Å². The van der Waals surface area contributed by atoms with Gasteiger partial charge in [-0.1, -0.05) is 0 Å². The maximum Gasteiger partial charge on any atom is 0.413 e. The molecule has 0 saturated carbocycles. The number of fused-ring (bicyclic) bond motifs is 1. The van der Waals surface area contributed by atoms with Crippen LogP contribution in [0.5, 0.6) is 0 Å². The lowest BCUT2D eigenvalue weighted by Gasteiger charge is -2.19. The highest BCUT2D eigenvalue weighted by atomic mass is 16.6. The summed E-state index contributed by atoms with van der Waals surface area (Å²) in [6.07, 6.45) is -0.625. The maximum absolute atomic E-state index is 11.7. The summed E-state index contributed by atoms with van der Waals surface area (Å²) >= 11 is 0. The summed E-state index contributed by atoms with van der Waals surface area (Å²) in [5.74, 6) is 0.853. The predicted octanol–water partition coefficient (Wildman–Crippen LogP) is 1.63. The standard InChI is InChI=1S/C12H16N4O3/c1-12(2,3)19-11(17)15-10-8(6-13)16-4-5-18-7-9(16)14-10/h4-5,7H2,1-3H3,(H,15,17). The van der Waals surface area contributed by atoms with Gasteiger partial charge in [0.1, 0.15) is 24.1 Å². The first-order valence-corrected chi connectivity index (χ1v) is 5.98. The molecule has 0 bridgehead atoms. The second kappa shape index (κ2) is 4.90. The lowest BCUT2D eigenvalue weighted by atomic mass is 10.2. The SMILES string of the molecule is CC(C)(C)OC(=O)Nc1nc2n(c1C#N)CCOC2. The Kier molecular flexibility index (Phi) is 3.44. The van der Waals surface area contributed by atoms with Crippen LogP contribution in [0.2, 0.25) is 0 Å². The number of hydrogen-bond donors (Lipinski definition) is 1. The zero-order chi connectivity index (χ0) is 14.0. The molecule has 1 aliphatic heterocycles. The molecular weight excluding hydrogens is 248 g/mol. The van der Waals surface area contributed by atoms with E-state index in [0.29, 0.717) is 31.3 Å². The number of anilines is 1. The summed E-state index contributed by atoms with van der Waals surface area (Å²) in [4.78, 5) is 15.9. The highest BCUT2D eigenvalue weighted by Gasteiger charge is 2.23. The van der Waals surface area contributed by atoms with Crippen molar-refractivity contribution in [1.82, 2.24) is 9.55 Å². The summed E-state index contributed by atoms with van der Waals surface area (Å²) in [7, 11) is 0. The Bertz CT molecular complexity index is 536. The molecule has 7 heteroatoms. The van der Waals surface area contributed by atoms with E-state index in [-0.39, 0.29) is 5.82 Å². The van der Waals surface area contributed by atoms with Crippen molar-refractivity contribution in [2.45, 2.75) is 39.5 Å². The molecule has 0 radical (unpaired) electrons. The second-order valence-electron chi connectivity index (χ2n) is 5.17. The fourth-order valence-electron chi connectivity index (χ4n) is 1.77. The van der Waals surface area contributed by atoms with Crippen LogP contribution in [-0.4, -0.2) is 27.9 Å². The first kappa shape index (κ1) is 13.4. The Hall–Kier alpha value is -2.07. The van der Waals surface area contributed by atoms with Crippen LogP contribution in [0.25, 0.3) is 0 Å². The summed E-state index contributed by atoms with van der Waals surface area (Å²) < 4.78 is 12.1. The smallest absolute Gasteiger partial charge is 0.413 e. The predicted molar refractivity (Wildman–Crippen MR) is 66.5 cm³/mol. The van der Waals surface area contributed by atoms with E-state index >= 15 is 0 Å². The molecule has 102 valence electrons. The van der Waals surface area contributed by atoms with E-state index < -0.39 is 11.7 Å². The van der Waals surface area contributed by atoms with Gasteiger partial charge in [-0.25, -0.2) is 9.78 Å². The van der Waals surface area contributed by atoms with Crippen LogP contribution in [0.3, 0.4) is 0 Å². The molecule has 1 amide bonds. The molecule has 0 spiro atoms. The van der Waals surface area contributed by atoms with Gasteiger partial charge in [0.25, 0.3) is 0 Å². The Morgan fingerprint density at radius 2 is 2.32 bits per heavy atom. The molecule has 1 aliphatic rings. The topological polar surface area (TPSA) is 89.2 Å². The number of hydrogen-bond acceptors (Lipinski definition) is 5. The Labute approximate surface area is 111 Å². The number of carbonyl (C=O) groups excluding carboxylic acids is 1. The van der Waals surface area contributed by atoms with Crippen molar-refractivity contribution >= 4 is 11.9 Å². The molecule has 0 unspecified atom stereocenters. The lowest BCUT2D eigenvalue weighted by Crippen LogP contribution is -2.27. The molecule has 0 aromatic carbocycles. The van der Waals surface area contributed by atoms with Crippen LogP contribution in [0.15, 0.2) is 0 Å². The first-order valence-electron chi connectivity index (χ1n) is 5.98. The second-order valence-corrected chi connectivity index (χ2v) is 5.17. The molecule has 1 aromatic heterocycles. The number of ether oxygens (including phenoxy) is 2. The summed E-state index contributed by atoms with van der Waals surface area (Å²) in [5.41, 5.74) is -0.275. The van der Waals surface area contributed by atoms with Gasteiger partial charge >= 0.3 is 6.09 Å². The number of imidazole rings is 1. The van der Waals surface area contributed by atoms with E-state index in [1.54, 1.807) is 25.3 Å². The van der Waals surface area contributed by atoms with Crippen molar-refractivity contribution in [3.8, 4) is 6.07 Å². The van der Waals surface area contributed by atoms with Crippen LogP contribution in [0.4, 0.5) is 10.6 Å². The minimum Gasteiger partial charge on any atom is -0.444 e. The third-order valence-electron chi connectivity index (χ3n) is 2.46. The van der Waals surface area contributed by atoms with Crippen molar-refractivity contribution in [3.63, 3.8) is 0 Å². The van der Waals surface area contributed by atoms with E-state index in [0.717, 1.165) is 0 Å². The molecule has 0 atom stereocenters. The highest BCUT2D eigenvalue weighted by molar-refractivity contribution is 5.85. The van der Waals surface area contributed by atoms with Crippen LogP contribution in [-0.2, 0) is 22.6 Å². The van der Waals surface area contributed by atoms with Crippen LogP contribution >= 0.6 is 0 Å². The minimum atomic E-state index is -0.625. The van der Waals surface area contributed by atoms with Gasteiger partial charge in [-0.05, 0) is 20.8 Å². The minimum absolute atomic E-state index is 0.220. The number of rotatable bonds is 1. The Balaban J connectivity index is 2.19.